The highest BCUT2D eigenvalue weighted by Crippen LogP contribution is 2.38. The first-order chi connectivity index (χ1) is 28.1. The normalized spacial score (nSPS) is 16.7. The molecule has 2 aliphatic rings. The molecule has 0 aliphatic carbocycles. The molecule has 2 aliphatic heterocycles. The van der Waals surface area contributed by atoms with E-state index in [4.69, 9.17) is 19.5 Å². The molecule has 1 amide bonds. The molecule has 3 aromatic carbocycles. The number of hydrogen-bond acceptors (Lipinski definition) is 9. The number of likely N-dealkylation sites (tertiary alicyclic amines) is 1. The van der Waals surface area contributed by atoms with Gasteiger partial charge in [-0.15, -0.1) is 16.4 Å². The van der Waals surface area contributed by atoms with Crippen LogP contribution < -0.4 is 20.2 Å². The van der Waals surface area contributed by atoms with E-state index in [1.165, 1.54) is 33.8 Å². The second kappa shape index (κ2) is 16.7. The Morgan fingerprint density at radius 2 is 1.57 bits per heavy atom. The van der Waals surface area contributed by atoms with E-state index >= 15 is 0 Å². The number of aryl methyl sites for hydroxylation is 1. The number of nitrogens with zero attached hydrogens (tertiary/aromatic N) is 8. The van der Waals surface area contributed by atoms with Crippen molar-refractivity contribution in [1.29, 1.82) is 0 Å². The van der Waals surface area contributed by atoms with Crippen LogP contribution in [0.5, 0.6) is 0 Å². The van der Waals surface area contributed by atoms with Gasteiger partial charge < -0.3 is 19.1 Å². The molecule has 6 aromatic rings. The van der Waals surface area contributed by atoms with Gasteiger partial charge in [-0.2, -0.15) is 4.52 Å². The largest absolute Gasteiger partial charge is 0.406 e. The highest BCUT2D eigenvalue weighted by atomic mass is 32.1. The van der Waals surface area contributed by atoms with Gasteiger partial charge in [-0.25, -0.2) is 14.4 Å². The minimum atomic E-state index is -2.84. The van der Waals surface area contributed by atoms with Crippen LogP contribution in [0, 0.1) is 5.82 Å². The van der Waals surface area contributed by atoms with E-state index in [9.17, 15) is 9.18 Å². The summed E-state index contributed by atoms with van der Waals surface area (Å²) in [5.74, 6) is 1.63. The first kappa shape index (κ1) is 39.9. The topological polar surface area (TPSA) is 82.3 Å². The number of benzene rings is 3. The van der Waals surface area contributed by atoms with Gasteiger partial charge in [0.15, 0.2) is 16.6 Å². The number of imidazole rings is 1. The fourth-order valence-electron chi connectivity index (χ4n) is 8.65. The van der Waals surface area contributed by atoms with E-state index in [1.54, 1.807) is 12.1 Å². The number of carbonyl (C=O) groups is 1. The highest BCUT2D eigenvalue weighted by molar-refractivity contribution is 7.14. The van der Waals surface area contributed by atoms with Crippen molar-refractivity contribution in [3.63, 3.8) is 0 Å². The maximum absolute atomic E-state index is 13.7. The molecule has 1 atom stereocenters. The lowest BCUT2D eigenvalue weighted by molar-refractivity contribution is -0.132. The van der Waals surface area contributed by atoms with Crippen LogP contribution in [-0.2, 0) is 15.6 Å². The zero-order valence-corrected chi connectivity index (χ0v) is 36.0. The molecule has 0 radical (unpaired) electrons. The Balaban J connectivity index is 1.12. The predicted octanol–water partition coefficient (Wildman–Crippen LogP) is 7.01. The lowest BCUT2D eigenvalue weighted by atomic mass is 10.1. The molecule has 0 N–H and O–H groups in total. The van der Waals surface area contributed by atoms with E-state index in [1.807, 2.05) is 27.9 Å². The average Bonchev–Trinajstić information content (AvgIpc) is 4.03. The van der Waals surface area contributed by atoms with E-state index in [-0.39, 0.29) is 22.8 Å². The van der Waals surface area contributed by atoms with Crippen LogP contribution in [0.3, 0.4) is 0 Å². The van der Waals surface area contributed by atoms with Crippen LogP contribution in [0.1, 0.15) is 46.2 Å². The summed E-state index contributed by atoms with van der Waals surface area (Å²) in [6.07, 6.45) is 2.86. The minimum absolute atomic E-state index is 0.0595. The molecule has 2 saturated heterocycles. The minimum Gasteiger partial charge on any atom is -0.406 e. The Bertz CT molecular complexity index is 2290. The van der Waals surface area contributed by atoms with Crippen LogP contribution in [0.4, 0.5) is 21.2 Å². The van der Waals surface area contributed by atoms with Gasteiger partial charge in [0.1, 0.15) is 11.6 Å². The van der Waals surface area contributed by atoms with Crippen LogP contribution in [-0.4, -0.2) is 103 Å². The number of hydrogen-bond donors (Lipinski definition) is 0. The summed E-state index contributed by atoms with van der Waals surface area (Å²) in [5, 5.41) is 10.4. The number of thiazole rings is 1. The Hall–Kier alpha value is -4.95. The van der Waals surface area contributed by atoms with Gasteiger partial charge in [0.05, 0.1) is 24.5 Å². The van der Waals surface area contributed by atoms with Crippen molar-refractivity contribution in [3.8, 4) is 11.3 Å². The zero-order chi connectivity index (χ0) is 40.4. The monoisotopic (exact) mass is 816 g/mol. The third-order valence-corrected chi connectivity index (χ3v) is 17.6. The van der Waals surface area contributed by atoms with Crippen molar-refractivity contribution in [2.24, 2.45) is 0 Å². The zero-order valence-electron chi connectivity index (χ0n) is 34.1. The summed E-state index contributed by atoms with van der Waals surface area (Å²) in [5.41, 5.74) is 3.34. The SMILES string of the molecule is CCc1nc2ccc(N3CCN(CC(=O)N4CCCC4)C(CO[Si](c4ccccc4)(c4ccccc4)C(C)(C)C)C3)nn2c1N(C)c1nc(-c2ccc(F)cc2)cs1. The fourth-order valence-corrected chi connectivity index (χ4v) is 14.1. The number of rotatable bonds is 12. The lowest BCUT2D eigenvalue weighted by Crippen LogP contribution is -2.68. The average molecular weight is 817 g/mol. The fraction of sp³-hybridized carbons (Fsp3) is 0.378. The highest BCUT2D eigenvalue weighted by Gasteiger charge is 2.51. The molecule has 5 heterocycles. The van der Waals surface area contributed by atoms with Crippen molar-refractivity contribution in [3.05, 3.63) is 114 Å². The predicted molar refractivity (Wildman–Crippen MR) is 235 cm³/mol. The Kier molecular flexibility index (Phi) is 11.5. The van der Waals surface area contributed by atoms with E-state index in [2.05, 4.69) is 109 Å². The van der Waals surface area contributed by atoms with E-state index in [0.717, 1.165) is 78.3 Å². The number of carbonyl (C=O) groups excluding carboxylic acids is 1. The standard InChI is InChI=1S/C45H53FN8O2SSi/c1-6-38-43(50(5)44-48-39(32-57-44)33-19-21-34(46)22-20-33)54-40(47-38)23-24-41(49-54)53-28-27-52(30-42(55)51-25-13-14-26-51)35(29-53)31-56-58(45(2,3)4,36-15-9-7-10-16-36)37-17-11-8-12-18-37/h7-12,15-24,32,35H,6,13-14,25-31H2,1-5H3. The molecule has 10 nitrogen and oxygen atoms in total. The molecule has 0 spiro atoms. The van der Waals surface area contributed by atoms with Gasteiger partial charge in [-0.05, 0) is 71.1 Å². The van der Waals surface area contributed by atoms with Crippen molar-refractivity contribution < 1.29 is 13.6 Å². The third kappa shape index (κ3) is 7.80. The molecule has 2 fully saturated rings. The molecule has 302 valence electrons. The van der Waals surface area contributed by atoms with Crippen molar-refractivity contribution >= 4 is 58.3 Å². The molecule has 13 heteroatoms. The number of halogens is 1. The summed E-state index contributed by atoms with van der Waals surface area (Å²) in [4.78, 5) is 32.4. The molecule has 0 bridgehead atoms. The van der Waals surface area contributed by atoms with Gasteiger partial charge in [0.25, 0.3) is 8.32 Å². The lowest BCUT2D eigenvalue weighted by Gasteiger charge is -2.46. The first-order valence-electron chi connectivity index (χ1n) is 20.4. The second-order valence-corrected chi connectivity index (χ2v) is 21.6. The number of amides is 1. The summed E-state index contributed by atoms with van der Waals surface area (Å²) in [7, 11) is -0.839. The summed E-state index contributed by atoms with van der Waals surface area (Å²) in [6.45, 7) is 13.6. The van der Waals surface area contributed by atoms with Crippen LogP contribution >= 0.6 is 11.3 Å². The first-order valence-corrected chi connectivity index (χ1v) is 23.2. The summed E-state index contributed by atoms with van der Waals surface area (Å²) in [6, 6.07) is 32.0. The maximum atomic E-state index is 13.7. The Morgan fingerprint density at radius 3 is 2.21 bits per heavy atom. The molecule has 58 heavy (non-hydrogen) atoms. The van der Waals surface area contributed by atoms with Crippen LogP contribution in [0.25, 0.3) is 16.9 Å². The Labute approximate surface area is 346 Å². The van der Waals surface area contributed by atoms with Gasteiger partial charge >= 0.3 is 0 Å². The maximum Gasteiger partial charge on any atom is 0.261 e. The van der Waals surface area contributed by atoms with Gasteiger partial charge in [0, 0.05) is 56.8 Å². The summed E-state index contributed by atoms with van der Waals surface area (Å²) < 4.78 is 23.1. The van der Waals surface area contributed by atoms with Crippen molar-refractivity contribution in [1.82, 2.24) is 29.4 Å². The quantitative estimate of drug-likeness (QED) is 0.122. The Morgan fingerprint density at radius 1 is 0.897 bits per heavy atom. The molecule has 8 rings (SSSR count). The smallest absolute Gasteiger partial charge is 0.261 e. The number of fused-ring (bicyclic) bond motifs is 1. The molecular formula is C45H53FN8O2SSi. The van der Waals surface area contributed by atoms with Gasteiger partial charge in [0.2, 0.25) is 5.91 Å². The van der Waals surface area contributed by atoms with Gasteiger partial charge in [-0.1, -0.05) is 88.4 Å². The number of aromatic nitrogens is 4. The summed E-state index contributed by atoms with van der Waals surface area (Å²) >= 11 is 1.53. The van der Waals surface area contributed by atoms with E-state index < -0.39 is 8.32 Å². The molecular weight excluding hydrogens is 764 g/mol. The van der Waals surface area contributed by atoms with Crippen molar-refractivity contribution in [2.45, 2.75) is 58.0 Å². The molecule has 1 unspecified atom stereocenters. The second-order valence-electron chi connectivity index (χ2n) is 16.4. The molecule has 3 aromatic heterocycles. The number of anilines is 3. The van der Waals surface area contributed by atoms with E-state index in [0.29, 0.717) is 26.2 Å². The van der Waals surface area contributed by atoms with Gasteiger partial charge in [-0.3, -0.25) is 9.69 Å². The molecule has 0 saturated carbocycles. The number of piperazine rings is 1. The van der Waals surface area contributed by atoms with Crippen molar-refractivity contribution in [2.75, 3.05) is 62.7 Å². The van der Waals surface area contributed by atoms with Crippen LogP contribution in [0.2, 0.25) is 5.04 Å². The van der Waals surface area contributed by atoms with Crippen LogP contribution in [0.15, 0.2) is 102 Å². The third-order valence-electron chi connectivity index (χ3n) is 11.7.